The number of aliphatic hydroxyl groups is 1. The summed E-state index contributed by atoms with van der Waals surface area (Å²) in [5, 5.41) is 18.5. The van der Waals surface area contributed by atoms with E-state index >= 15 is 0 Å². The predicted molar refractivity (Wildman–Crippen MR) is 105 cm³/mol. The maximum atomic E-state index is 11.5. The molecule has 2 amide bonds. The van der Waals surface area contributed by atoms with Crippen LogP contribution in [0.5, 0.6) is 0 Å². The van der Waals surface area contributed by atoms with Crippen molar-refractivity contribution in [1.29, 1.82) is 0 Å². The van der Waals surface area contributed by atoms with Gasteiger partial charge in [-0.25, -0.2) is 0 Å². The fraction of sp³-hybridized carbons (Fsp3) is 0.733. The largest absolute Gasteiger partial charge is 0.396 e. The molecule has 2 unspecified atom stereocenters. The van der Waals surface area contributed by atoms with Crippen LogP contribution in [0, 0.1) is 0 Å². The molecule has 2 atom stereocenters. The molecule has 2 saturated heterocycles. The van der Waals surface area contributed by atoms with Crippen LogP contribution in [-0.2, 0) is 9.59 Å². The Balaban J connectivity index is 0.000000251. The van der Waals surface area contributed by atoms with Gasteiger partial charge in [0.2, 0.25) is 11.8 Å². The molecule has 2 aliphatic rings. The first kappa shape index (κ1) is 21.9. The Hall–Kier alpha value is -1.10. The number of nitrogens with one attached hydrogen (secondary N) is 3. The van der Waals surface area contributed by atoms with Gasteiger partial charge in [-0.2, -0.15) is 0 Å². The van der Waals surface area contributed by atoms with E-state index < -0.39 is 4.75 Å². The molecule has 0 bridgehead atoms. The molecule has 142 valence electrons. The summed E-state index contributed by atoms with van der Waals surface area (Å²) in [4.78, 5) is 30.7. The van der Waals surface area contributed by atoms with Crippen molar-refractivity contribution in [3.8, 4) is 0 Å². The minimum Gasteiger partial charge on any atom is -0.396 e. The molecule has 0 aromatic rings. The number of carbonyl (C=O) groups is 2. The van der Waals surface area contributed by atoms with Gasteiger partial charge in [0, 0.05) is 20.7 Å². The molecule has 8 nitrogen and oxygen atoms in total. The highest BCUT2D eigenvalue weighted by atomic mass is 32.2. The van der Waals surface area contributed by atoms with Gasteiger partial charge in [0.1, 0.15) is 9.49 Å². The Morgan fingerprint density at radius 3 is 1.76 bits per heavy atom. The number of hydrogen-bond donors (Lipinski definition) is 4. The average Bonchev–Trinajstić information content (AvgIpc) is 3.03. The van der Waals surface area contributed by atoms with E-state index in [-0.39, 0.29) is 23.2 Å². The summed E-state index contributed by atoms with van der Waals surface area (Å²) in [7, 11) is 5.20. The standard InChI is InChI=1S/C8H15N3OS.C7H12N2O2S/c1-8(4-5-9-2)6(12)11-7(10-3)13-8;1-7(3-4-10)5(11)9-6(8-2)12-7/h9H,4-5H2,1-3H3,(H,10,11,12);10H,3-4H2,1-2H3,(H,8,9,11). The molecular weight excluding hydrogens is 362 g/mol. The van der Waals surface area contributed by atoms with Gasteiger partial charge in [-0.3, -0.25) is 19.6 Å². The van der Waals surface area contributed by atoms with E-state index in [2.05, 4.69) is 25.9 Å². The third-order valence-electron chi connectivity index (χ3n) is 3.89. The highest BCUT2D eigenvalue weighted by Crippen LogP contribution is 2.34. The Labute approximate surface area is 157 Å². The second-order valence-corrected chi connectivity index (χ2v) is 8.94. The molecule has 0 spiro atoms. The van der Waals surface area contributed by atoms with Crippen molar-refractivity contribution >= 4 is 45.7 Å². The van der Waals surface area contributed by atoms with E-state index in [1.165, 1.54) is 23.5 Å². The van der Waals surface area contributed by atoms with E-state index in [9.17, 15) is 9.59 Å². The Morgan fingerprint density at radius 1 is 1.00 bits per heavy atom. The van der Waals surface area contributed by atoms with Crippen LogP contribution >= 0.6 is 23.5 Å². The number of amidine groups is 2. The smallest absolute Gasteiger partial charge is 0.242 e. The fourth-order valence-corrected chi connectivity index (χ4v) is 4.15. The van der Waals surface area contributed by atoms with Gasteiger partial charge in [0.05, 0.1) is 0 Å². The molecule has 4 N–H and O–H groups in total. The summed E-state index contributed by atoms with van der Waals surface area (Å²) in [6.45, 7) is 4.62. The van der Waals surface area contributed by atoms with E-state index in [0.717, 1.165) is 18.1 Å². The van der Waals surface area contributed by atoms with Crippen LogP contribution < -0.4 is 16.0 Å². The van der Waals surface area contributed by atoms with Crippen LogP contribution in [0.3, 0.4) is 0 Å². The van der Waals surface area contributed by atoms with E-state index in [4.69, 9.17) is 5.11 Å². The van der Waals surface area contributed by atoms with Gasteiger partial charge in [0.15, 0.2) is 10.3 Å². The van der Waals surface area contributed by atoms with Crippen molar-refractivity contribution in [3.63, 3.8) is 0 Å². The minimum absolute atomic E-state index is 0.0217. The molecule has 10 heteroatoms. The Bertz CT molecular complexity index is 569. The number of aliphatic hydroxyl groups excluding tert-OH is 1. The second kappa shape index (κ2) is 9.56. The summed E-state index contributed by atoms with van der Waals surface area (Å²) >= 11 is 2.89. The fourth-order valence-electron chi connectivity index (χ4n) is 2.14. The van der Waals surface area contributed by atoms with E-state index in [1.807, 2.05) is 14.0 Å². The van der Waals surface area contributed by atoms with Gasteiger partial charge in [-0.1, -0.05) is 23.5 Å². The number of hydrogen-bond acceptors (Lipinski definition) is 8. The predicted octanol–water partition coefficient (Wildman–Crippen LogP) is 0.180. The van der Waals surface area contributed by atoms with Gasteiger partial charge in [-0.05, 0) is 40.3 Å². The highest BCUT2D eigenvalue weighted by Gasteiger charge is 2.42. The number of nitrogens with zero attached hydrogens (tertiary/aromatic N) is 2. The van der Waals surface area contributed by atoms with Crippen LogP contribution in [0.15, 0.2) is 9.98 Å². The summed E-state index contributed by atoms with van der Waals surface area (Å²) in [6.07, 6.45) is 1.28. The van der Waals surface area contributed by atoms with Gasteiger partial charge < -0.3 is 21.1 Å². The summed E-state index contributed by atoms with van der Waals surface area (Å²) in [6, 6.07) is 0. The highest BCUT2D eigenvalue weighted by molar-refractivity contribution is 8.16. The monoisotopic (exact) mass is 389 g/mol. The maximum absolute atomic E-state index is 11.5. The van der Waals surface area contributed by atoms with Crippen molar-refractivity contribution in [2.24, 2.45) is 9.98 Å². The third kappa shape index (κ3) is 5.70. The van der Waals surface area contributed by atoms with Crippen molar-refractivity contribution in [3.05, 3.63) is 0 Å². The van der Waals surface area contributed by atoms with Crippen LogP contribution in [0.2, 0.25) is 0 Å². The molecule has 0 aliphatic carbocycles. The molecule has 0 saturated carbocycles. The van der Waals surface area contributed by atoms with Gasteiger partial charge in [0.25, 0.3) is 0 Å². The lowest BCUT2D eigenvalue weighted by molar-refractivity contribution is -0.122. The average molecular weight is 390 g/mol. The molecule has 2 aliphatic heterocycles. The Kier molecular flexibility index (Phi) is 8.39. The SMILES string of the molecule is CN=C1NC(=O)C(C)(CCNC)S1.CN=C1NC(=O)C(C)(CCO)S1. The second-order valence-electron chi connectivity index (χ2n) is 5.96. The lowest BCUT2D eigenvalue weighted by Crippen LogP contribution is -2.36. The van der Waals surface area contributed by atoms with E-state index in [0.29, 0.717) is 11.6 Å². The number of thioether (sulfide) groups is 2. The zero-order valence-electron chi connectivity index (χ0n) is 15.3. The first-order chi connectivity index (χ1) is 11.7. The molecule has 0 aromatic carbocycles. The van der Waals surface area contributed by atoms with Crippen LogP contribution in [0.4, 0.5) is 0 Å². The van der Waals surface area contributed by atoms with Crippen LogP contribution in [-0.4, -0.2) is 71.0 Å². The molecule has 0 radical (unpaired) electrons. The topological polar surface area (TPSA) is 115 Å². The lowest BCUT2D eigenvalue weighted by Gasteiger charge is -2.17. The van der Waals surface area contributed by atoms with E-state index in [1.54, 1.807) is 21.0 Å². The lowest BCUT2D eigenvalue weighted by atomic mass is 10.1. The van der Waals surface area contributed by atoms with Crippen molar-refractivity contribution in [1.82, 2.24) is 16.0 Å². The normalized spacial score (nSPS) is 31.8. The molecule has 2 heterocycles. The molecule has 2 rings (SSSR count). The zero-order chi connectivity index (χ0) is 19.1. The van der Waals surface area contributed by atoms with Crippen molar-refractivity contribution in [2.45, 2.75) is 36.2 Å². The van der Waals surface area contributed by atoms with Gasteiger partial charge in [-0.15, -0.1) is 0 Å². The minimum atomic E-state index is -0.538. The molecular formula is C15H27N5O3S2. The third-order valence-corrected chi connectivity index (χ3v) is 6.53. The molecule has 0 aromatic heterocycles. The molecule has 2 fully saturated rings. The zero-order valence-corrected chi connectivity index (χ0v) is 16.9. The Morgan fingerprint density at radius 2 is 1.44 bits per heavy atom. The van der Waals surface area contributed by atoms with Crippen molar-refractivity contribution < 1.29 is 14.7 Å². The maximum Gasteiger partial charge on any atom is 0.242 e. The van der Waals surface area contributed by atoms with Crippen LogP contribution in [0.25, 0.3) is 0 Å². The summed E-state index contributed by atoms with van der Waals surface area (Å²) in [5.41, 5.74) is 0. The number of aliphatic imine (C=N–C) groups is 2. The number of carbonyl (C=O) groups excluding carboxylic acids is 2. The summed E-state index contributed by atoms with van der Waals surface area (Å²) < 4.78 is -0.887. The summed E-state index contributed by atoms with van der Waals surface area (Å²) in [5.74, 6) is -0.00417. The van der Waals surface area contributed by atoms with Crippen LogP contribution in [0.1, 0.15) is 26.7 Å². The number of amides is 2. The van der Waals surface area contributed by atoms with Crippen molar-refractivity contribution in [2.75, 3.05) is 34.3 Å². The number of rotatable bonds is 5. The first-order valence-electron chi connectivity index (χ1n) is 7.94. The molecule has 25 heavy (non-hydrogen) atoms. The first-order valence-corrected chi connectivity index (χ1v) is 9.58. The quantitative estimate of drug-likeness (QED) is 0.533. The van der Waals surface area contributed by atoms with Gasteiger partial charge >= 0.3 is 0 Å².